The average Bonchev–Trinajstić information content (AvgIpc) is 3.02. The van der Waals surface area contributed by atoms with Crippen LogP contribution in [0.3, 0.4) is 0 Å². The molecule has 3 heterocycles. The van der Waals surface area contributed by atoms with Gasteiger partial charge < -0.3 is 14.3 Å². The number of esters is 1. The summed E-state index contributed by atoms with van der Waals surface area (Å²) < 4.78 is 7.22. The van der Waals surface area contributed by atoms with Crippen molar-refractivity contribution in [1.82, 2.24) is 19.7 Å². The Kier molecular flexibility index (Phi) is 5.80. The Morgan fingerprint density at radius 1 is 1.15 bits per heavy atom. The van der Waals surface area contributed by atoms with E-state index in [2.05, 4.69) is 19.7 Å². The van der Waals surface area contributed by atoms with Gasteiger partial charge in [0.05, 0.1) is 23.5 Å². The number of Topliss-reactive ketones (excluding diaryl/α,β-unsaturated/α-hetero) is 1. The van der Waals surface area contributed by atoms with Crippen LogP contribution in [-0.2, 0) is 17.7 Å². The van der Waals surface area contributed by atoms with Gasteiger partial charge in [0.2, 0.25) is 0 Å². The van der Waals surface area contributed by atoms with E-state index >= 15 is 0 Å². The van der Waals surface area contributed by atoms with Gasteiger partial charge in [-0.25, -0.2) is 4.79 Å². The second kappa shape index (κ2) is 8.07. The highest BCUT2D eigenvalue weighted by Gasteiger charge is 2.26. The van der Waals surface area contributed by atoms with E-state index in [1.165, 1.54) is 18.2 Å². The minimum Gasteiger partial charge on any atom is -0.462 e. The summed E-state index contributed by atoms with van der Waals surface area (Å²) in [5.74, 6) is 0.645. The van der Waals surface area contributed by atoms with Crippen LogP contribution in [-0.4, -0.2) is 43.9 Å². The Bertz CT molecular complexity index is 825. The third kappa shape index (κ3) is 3.70. The molecule has 2 aromatic heterocycles. The predicted molar refractivity (Wildman–Crippen MR) is 98.9 cm³/mol. The predicted octanol–water partition coefficient (Wildman–Crippen LogP) is 3.10. The minimum atomic E-state index is -0.459. The van der Waals surface area contributed by atoms with Crippen molar-refractivity contribution in [2.45, 2.75) is 58.2 Å². The van der Waals surface area contributed by atoms with Gasteiger partial charge >= 0.3 is 5.97 Å². The van der Waals surface area contributed by atoms with Crippen molar-refractivity contribution in [2.24, 2.45) is 0 Å². The number of aromatic amines is 1. The Hall–Kier alpha value is -2.09. The zero-order valence-electron chi connectivity index (χ0n) is 15.4. The maximum absolute atomic E-state index is 12.8. The summed E-state index contributed by atoms with van der Waals surface area (Å²) in [7, 11) is 0. The molecule has 0 aliphatic carbocycles. The highest BCUT2D eigenvalue weighted by Crippen LogP contribution is 2.25. The minimum absolute atomic E-state index is 0.106. The number of hydrogen-bond donors (Lipinski definition) is 1. The molecule has 1 aliphatic heterocycles. The van der Waals surface area contributed by atoms with Gasteiger partial charge in [-0.15, -0.1) is 10.2 Å². The van der Waals surface area contributed by atoms with Crippen LogP contribution in [0.2, 0.25) is 0 Å². The molecule has 0 atom stereocenters. The fraction of sp³-hybridized carbons (Fsp3) is 0.556. The first kappa shape index (κ1) is 18.7. The van der Waals surface area contributed by atoms with E-state index in [1.807, 2.05) is 0 Å². The van der Waals surface area contributed by atoms with Crippen LogP contribution < -0.4 is 0 Å². The number of H-pyrrole nitrogens is 1. The molecular formula is C18H24N4O3S. The summed E-state index contributed by atoms with van der Waals surface area (Å²) in [6.07, 6.45) is 4.36. The van der Waals surface area contributed by atoms with Gasteiger partial charge in [0, 0.05) is 24.4 Å². The molecule has 2 aromatic rings. The van der Waals surface area contributed by atoms with Gasteiger partial charge in [0.25, 0.3) is 0 Å². The molecule has 8 heteroatoms. The monoisotopic (exact) mass is 376 g/mol. The number of nitrogens with one attached hydrogen (secondary N) is 1. The molecule has 0 radical (unpaired) electrons. The van der Waals surface area contributed by atoms with Crippen LogP contribution >= 0.6 is 11.8 Å². The lowest BCUT2D eigenvalue weighted by molar-refractivity contribution is 0.0522. The van der Waals surface area contributed by atoms with Crippen molar-refractivity contribution in [1.29, 1.82) is 0 Å². The van der Waals surface area contributed by atoms with Crippen molar-refractivity contribution in [3.05, 3.63) is 28.3 Å². The highest BCUT2D eigenvalue weighted by molar-refractivity contribution is 7.99. The Morgan fingerprint density at radius 2 is 1.92 bits per heavy atom. The smallest absolute Gasteiger partial charge is 0.340 e. The summed E-state index contributed by atoms with van der Waals surface area (Å²) in [6, 6.07) is 0. The van der Waals surface area contributed by atoms with Crippen molar-refractivity contribution in [3.8, 4) is 0 Å². The molecule has 1 N–H and O–H groups in total. The maximum Gasteiger partial charge on any atom is 0.340 e. The molecule has 140 valence electrons. The van der Waals surface area contributed by atoms with E-state index in [0.717, 1.165) is 36.8 Å². The normalized spacial score (nSPS) is 14.0. The number of thioether (sulfide) groups is 1. The first-order valence-corrected chi connectivity index (χ1v) is 9.95. The van der Waals surface area contributed by atoms with Crippen LogP contribution in [0, 0.1) is 13.8 Å². The van der Waals surface area contributed by atoms with Crippen LogP contribution in [0.25, 0.3) is 0 Å². The fourth-order valence-corrected chi connectivity index (χ4v) is 4.21. The molecule has 3 rings (SSSR count). The first-order chi connectivity index (χ1) is 12.5. The summed E-state index contributed by atoms with van der Waals surface area (Å²) >= 11 is 1.38. The molecule has 0 aromatic carbocycles. The third-order valence-electron chi connectivity index (χ3n) is 4.54. The maximum atomic E-state index is 12.8. The van der Waals surface area contributed by atoms with Crippen LogP contribution in [0.4, 0.5) is 0 Å². The number of ketones is 1. The quantitative estimate of drug-likeness (QED) is 0.473. The molecule has 0 spiro atoms. The molecule has 0 bridgehead atoms. The van der Waals surface area contributed by atoms with E-state index in [1.54, 1.807) is 20.8 Å². The molecule has 0 saturated carbocycles. The largest absolute Gasteiger partial charge is 0.462 e. The molecule has 0 amide bonds. The average molecular weight is 376 g/mol. The molecule has 7 nitrogen and oxygen atoms in total. The Balaban J connectivity index is 1.77. The zero-order chi connectivity index (χ0) is 18.7. The molecule has 26 heavy (non-hydrogen) atoms. The second-order valence-corrected chi connectivity index (χ2v) is 7.36. The number of ether oxygens (including phenoxy) is 1. The summed E-state index contributed by atoms with van der Waals surface area (Å²) in [5.41, 5.74) is 2.11. The lowest BCUT2D eigenvalue weighted by atomic mass is 10.1. The number of carbonyl (C=O) groups is 2. The highest BCUT2D eigenvalue weighted by atomic mass is 32.2. The lowest BCUT2D eigenvalue weighted by Crippen LogP contribution is -2.13. The topological polar surface area (TPSA) is 89.9 Å². The number of carbonyl (C=O) groups excluding carboxylic acids is 2. The molecule has 0 saturated heterocycles. The van der Waals surface area contributed by atoms with Gasteiger partial charge in [0.15, 0.2) is 10.9 Å². The number of fused-ring (bicyclic) bond motifs is 1. The van der Waals surface area contributed by atoms with Crippen molar-refractivity contribution in [2.75, 3.05) is 12.4 Å². The van der Waals surface area contributed by atoms with Gasteiger partial charge in [0.1, 0.15) is 5.82 Å². The number of rotatable bonds is 6. The Morgan fingerprint density at radius 3 is 2.69 bits per heavy atom. The van der Waals surface area contributed by atoms with E-state index in [-0.39, 0.29) is 18.1 Å². The van der Waals surface area contributed by atoms with E-state index in [9.17, 15) is 9.59 Å². The number of aryl methyl sites for hydroxylation is 3. The number of hydrogen-bond acceptors (Lipinski definition) is 6. The van der Waals surface area contributed by atoms with Crippen LogP contribution in [0.5, 0.6) is 0 Å². The molecule has 0 fully saturated rings. The molecular weight excluding hydrogens is 352 g/mol. The zero-order valence-corrected chi connectivity index (χ0v) is 16.2. The van der Waals surface area contributed by atoms with Crippen LogP contribution in [0.1, 0.15) is 64.1 Å². The van der Waals surface area contributed by atoms with Gasteiger partial charge in [-0.1, -0.05) is 18.2 Å². The van der Waals surface area contributed by atoms with Crippen LogP contribution in [0.15, 0.2) is 5.16 Å². The number of aromatic nitrogens is 4. The van der Waals surface area contributed by atoms with Crippen molar-refractivity contribution in [3.63, 3.8) is 0 Å². The fourth-order valence-electron chi connectivity index (χ4n) is 3.36. The third-order valence-corrected chi connectivity index (χ3v) is 5.51. The van der Waals surface area contributed by atoms with E-state index < -0.39 is 5.97 Å². The lowest BCUT2D eigenvalue weighted by Gasteiger charge is -2.07. The van der Waals surface area contributed by atoms with Gasteiger partial charge in [-0.3, -0.25) is 4.79 Å². The summed E-state index contributed by atoms with van der Waals surface area (Å²) in [5, 5.41) is 9.28. The summed E-state index contributed by atoms with van der Waals surface area (Å²) in [6.45, 7) is 6.51. The SMILES string of the molecule is CCOC(=O)c1c(C)[nH]c(C)c1C(=O)CSc1nnc2n1CCCCC2. The number of nitrogens with zero attached hydrogens (tertiary/aromatic N) is 3. The van der Waals surface area contributed by atoms with Crippen molar-refractivity contribution < 1.29 is 14.3 Å². The summed E-state index contributed by atoms with van der Waals surface area (Å²) in [4.78, 5) is 28.2. The van der Waals surface area contributed by atoms with Crippen molar-refractivity contribution >= 4 is 23.5 Å². The van der Waals surface area contributed by atoms with Gasteiger partial charge in [-0.05, 0) is 33.6 Å². The standard InChI is InChI=1S/C18H24N4O3S/c1-4-25-17(24)16-12(3)19-11(2)15(16)13(23)10-26-18-21-20-14-8-6-5-7-9-22(14)18/h19H,4-10H2,1-3H3. The van der Waals surface area contributed by atoms with E-state index in [0.29, 0.717) is 22.5 Å². The first-order valence-electron chi connectivity index (χ1n) is 8.97. The van der Waals surface area contributed by atoms with Gasteiger partial charge in [-0.2, -0.15) is 0 Å². The Labute approximate surface area is 156 Å². The van der Waals surface area contributed by atoms with E-state index in [4.69, 9.17) is 4.74 Å². The molecule has 1 aliphatic rings. The second-order valence-electron chi connectivity index (χ2n) is 6.42. The molecule has 0 unspecified atom stereocenters.